The highest BCUT2D eigenvalue weighted by atomic mass is 32.2. The van der Waals surface area contributed by atoms with Gasteiger partial charge in [0.1, 0.15) is 11.4 Å². The number of thioether (sulfide) groups is 2. The molecule has 1 aliphatic carbocycles. The third kappa shape index (κ3) is 5.95. The molecule has 0 saturated carbocycles. The smallest absolute Gasteiger partial charge is 0.159 e. The number of rotatable bonds is 12. The lowest BCUT2D eigenvalue weighted by molar-refractivity contribution is 0.0286. The molecule has 0 aliphatic heterocycles. The van der Waals surface area contributed by atoms with Crippen molar-refractivity contribution >= 4 is 34.6 Å². The van der Waals surface area contributed by atoms with Crippen molar-refractivity contribution in [2.24, 2.45) is 0 Å². The molecule has 3 aromatic rings. The zero-order chi connectivity index (χ0) is 21.3. The Hall–Kier alpha value is -1.72. The van der Waals surface area contributed by atoms with E-state index < -0.39 is 0 Å². The van der Waals surface area contributed by atoms with Gasteiger partial charge in [-0.2, -0.15) is 5.10 Å². The highest BCUT2D eigenvalue weighted by Crippen LogP contribution is 2.45. The number of nitrogens with one attached hydrogen (secondary N) is 1. The summed E-state index contributed by atoms with van der Waals surface area (Å²) in [5.41, 5.74) is 3.33. The van der Waals surface area contributed by atoms with Gasteiger partial charge in [-0.15, -0.1) is 11.8 Å². The van der Waals surface area contributed by atoms with Crippen molar-refractivity contribution < 1.29 is 14.2 Å². The fraction of sp³-hybridized carbons (Fsp3) is 0.524. The van der Waals surface area contributed by atoms with Crippen molar-refractivity contribution in [1.29, 1.82) is 0 Å². The van der Waals surface area contributed by atoms with Gasteiger partial charge in [0.25, 0.3) is 0 Å². The van der Waals surface area contributed by atoms with Crippen LogP contribution in [0.25, 0.3) is 11.0 Å². The van der Waals surface area contributed by atoms with Gasteiger partial charge in [0.05, 0.1) is 55.6 Å². The Kier molecular flexibility index (Phi) is 8.53. The summed E-state index contributed by atoms with van der Waals surface area (Å²) in [5, 5.41) is 9.23. The van der Waals surface area contributed by atoms with Crippen LogP contribution in [0.15, 0.2) is 34.7 Å². The van der Waals surface area contributed by atoms with Gasteiger partial charge in [-0.1, -0.05) is 11.8 Å². The van der Waals surface area contributed by atoms with E-state index in [1.165, 1.54) is 16.2 Å². The molecule has 0 amide bonds. The first-order valence-corrected chi connectivity index (χ1v) is 12.3. The number of aromatic amines is 1. The van der Waals surface area contributed by atoms with Crippen molar-refractivity contribution in [2.45, 2.75) is 34.4 Å². The molecule has 0 saturated heterocycles. The van der Waals surface area contributed by atoms with E-state index in [-0.39, 0.29) is 5.25 Å². The largest absolute Gasteiger partial charge is 0.382 e. The first-order chi connectivity index (χ1) is 15.4. The first-order valence-electron chi connectivity index (χ1n) is 10.4. The lowest BCUT2D eigenvalue weighted by atomic mass is 9.96. The van der Waals surface area contributed by atoms with Crippen LogP contribution in [0, 0.1) is 0 Å². The Labute approximate surface area is 190 Å². The molecule has 166 valence electrons. The number of aromatic nitrogens is 5. The average Bonchev–Trinajstić information content (AvgIpc) is 3.28. The molecular weight excluding hydrogens is 434 g/mol. The van der Waals surface area contributed by atoms with Gasteiger partial charge in [0, 0.05) is 24.0 Å². The fourth-order valence-electron chi connectivity index (χ4n) is 3.52. The van der Waals surface area contributed by atoms with E-state index in [2.05, 4.69) is 26.2 Å². The van der Waals surface area contributed by atoms with Gasteiger partial charge in [-0.25, -0.2) is 9.97 Å². The monoisotopic (exact) mass is 461 g/mol. The second-order valence-corrected chi connectivity index (χ2v) is 9.38. The second-order valence-electron chi connectivity index (χ2n) is 7.05. The van der Waals surface area contributed by atoms with Crippen LogP contribution in [0.2, 0.25) is 0 Å². The summed E-state index contributed by atoms with van der Waals surface area (Å²) >= 11 is 3.61. The molecule has 1 atom stereocenters. The quantitative estimate of drug-likeness (QED) is 0.246. The number of hydrogen-bond acceptors (Lipinski definition) is 9. The minimum absolute atomic E-state index is 0.290. The Balaban J connectivity index is 1.32. The molecule has 8 nitrogen and oxygen atoms in total. The first kappa shape index (κ1) is 22.5. The molecule has 0 radical (unpaired) electrons. The van der Waals surface area contributed by atoms with Gasteiger partial charge in [0.2, 0.25) is 0 Å². The van der Waals surface area contributed by atoms with Gasteiger partial charge in [-0.3, -0.25) is 10.1 Å². The summed E-state index contributed by atoms with van der Waals surface area (Å²) in [7, 11) is 1.67. The van der Waals surface area contributed by atoms with Gasteiger partial charge >= 0.3 is 0 Å². The van der Waals surface area contributed by atoms with Crippen LogP contribution in [-0.4, -0.2) is 71.0 Å². The lowest BCUT2D eigenvalue weighted by Gasteiger charge is -2.25. The van der Waals surface area contributed by atoms with E-state index in [1.807, 2.05) is 18.0 Å². The Morgan fingerprint density at radius 3 is 2.87 bits per heavy atom. The van der Waals surface area contributed by atoms with Gasteiger partial charge < -0.3 is 14.2 Å². The van der Waals surface area contributed by atoms with Crippen LogP contribution in [0.5, 0.6) is 0 Å². The SMILES string of the molecule is COCCOCCOCCSc1ccnc2c1CCCC2Sc1ncnc2[nH]ncc12. The summed E-state index contributed by atoms with van der Waals surface area (Å²) < 4.78 is 16.0. The number of pyridine rings is 1. The highest BCUT2D eigenvalue weighted by Gasteiger charge is 2.26. The van der Waals surface area contributed by atoms with Crippen LogP contribution in [0.3, 0.4) is 0 Å². The van der Waals surface area contributed by atoms with E-state index in [0.29, 0.717) is 33.0 Å². The zero-order valence-electron chi connectivity index (χ0n) is 17.6. The van der Waals surface area contributed by atoms with E-state index >= 15 is 0 Å². The lowest BCUT2D eigenvalue weighted by Crippen LogP contribution is -2.12. The average molecular weight is 462 g/mol. The van der Waals surface area contributed by atoms with Crippen LogP contribution >= 0.6 is 23.5 Å². The van der Waals surface area contributed by atoms with E-state index in [9.17, 15) is 0 Å². The second kappa shape index (κ2) is 11.8. The Bertz CT molecular complexity index is 971. The molecule has 1 N–H and O–H groups in total. The topological polar surface area (TPSA) is 95.0 Å². The maximum atomic E-state index is 5.68. The molecule has 3 aromatic heterocycles. The number of hydrogen-bond donors (Lipinski definition) is 1. The van der Waals surface area contributed by atoms with Crippen molar-refractivity contribution in [3.8, 4) is 0 Å². The minimum atomic E-state index is 0.290. The number of H-pyrrole nitrogens is 1. The fourth-order valence-corrected chi connectivity index (χ4v) is 5.73. The summed E-state index contributed by atoms with van der Waals surface area (Å²) in [5.74, 6) is 0.911. The molecule has 0 bridgehead atoms. The van der Waals surface area contributed by atoms with Crippen molar-refractivity contribution in [1.82, 2.24) is 25.1 Å². The van der Waals surface area contributed by atoms with Crippen molar-refractivity contribution in [2.75, 3.05) is 45.9 Å². The zero-order valence-corrected chi connectivity index (χ0v) is 19.2. The standard InChI is InChI=1S/C21H27N5O3S2/c1-27-7-8-28-9-10-29-11-12-30-17-5-6-22-19-15(17)3-2-4-18(19)31-21-16-13-25-26-20(16)23-14-24-21/h5-6,13-14,18H,2-4,7-12H2,1H3,(H,23,24,25,26). The van der Waals surface area contributed by atoms with Crippen LogP contribution in [0.4, 0.5) is 0 Å². The number of methoxy groups -OCH3 is 1. The van der Waals surface area contributed by atoms with E-state index in [1.54, 1.807) is 31.4 Å². The normalized spacial score (nSPS) is 16.0. The molecule has 3 heterocycles. The third-order valence-electron chi connectivity index (χ3n) is 5.00. The Morgan fingerprint density at radius 1 is 1.10 bits per heavy atom. The van der Waals surface area contributed by atoms with Gasteiger partial charge in [0.15, 0.2) is 5.65 Å². The number of nitrogens with zero attached hydrogens (tertiary/aromatic N) is 4. The Morgan fingerprint density at radius 2 is 1.97 bits per heavy atom. The summed E-state index contributed by atoms with van der Waals surface area (Å²) in [6.45, 7) is 3.14. The van der Waals surface area contributed by atoms with E-state index in [0.717, 1.165) is 41.1 Å². The molecule has 4 rings (SSSR count). The minimum Gasteiger partial charge on any atom is -0.382 e. The predicted molar refractivity (Wildman–Crippen MR) is 122 cm³/mol. The predicted octanol–water partition coefficient (Wildman–Crippen LogP) is 3.69. The maximum Gasteiger partial charge on any atom is 0.159 e. The molecule has 1 aliphatic rings. The number of ether oxygens (including phenoxy) is 3. The van der Waals surface area contributed by atoms with Crippen molar-refractivity contribution in [3.05, 3.63) is 36.0 Å². The van der Waals surface area contributed by atoms with Crippen LogP contribution in [-0.2, 0) is 20.6 Å². The molecule has 0 fully saturated rings. The summed E-state index contributed by atoms with van der Waals surface area (Å²) in [4.78, 5) is 14.8. The number of fused-ring (bicyclic) bond motifs is 2. The maximum absolute atomic E-state index is 5.68. The van der Waals surface area contributed by atoms with E-state index in [4.69, 9.17) is 19.2 Å². The molecular formula is C21H27N5O3S2. The molecule has 0 spiro atoms. The van der Waals surface area contributed by atoms with Crippen LogP contribution < -0.4 is 0 Å². The van der Waals surface area contributed by atoms with Crippen LogP contribution in [0.1, 0.15) is 29.3 Å². The molecule has 31 heavy (non-hydrogen) atoms. The molecule has 10 heteroatoms. The third-order valence-corrected chi connectivity index (χ3v) is 7.35. The summed E-state index contributed by atoms with van der Waals surface area (Å²) in [6.07, 6.45) is 8.63. The highest BCUT2D eigenvalue weighted by molar-refractivity contribution is 8.00. The molecule has 1 unspecified atom stereocenters. The van der Waals surface area contributed by atoms with Crippen molar-refractivity contribution in [3.63, 3.8) is 0 Å². The molecule has 0 aromatic carbocycles. The van der Waals surface area contributed by atoms with Gasteiger partial charge in [-0.05, 0) is 30.9 Å². The summed E-state index contributed by atoms with van der Waals surface area (Å²) in [6, 6.07) is 2.13.